The molecule has 1 heterocycles. The van der Waals surface area contributed by atoms with Crippen LogP contribution >= 0.6 is 0 Å². The number of rotatable bonds is 6. The minimum Gasteiger partial charge on any atom is -0.309 e. The molecular weight excluding hydrogens is 210 g/mol. The molecule has 0 radical (unpaired) electrons. The highest BCUT2D eigenvalue weighted by atomic mass is 14.9. The number of aromatic nitrogens is 1. The molecule has 1 rings (SSSR count). The van der Waals surface area contributed by atoms with E-state index in [0.29, 0.717) is 0 Å². The van der Waals surface area contributed by atoms with Crippen LogP contribution in [0.3, 0.4) is 0 Å². The molecule has 0 fully saturated rings. The Kier molecular flexibility index (Phi) is 5.11. The summed E-state index contributed by atoms with van der Waals surface area (Å²) < 4.78 is 0. The van der Waals surface area contributed by atoms with Gasteiger partial charge in [0.1, 0.15) is 0 Å². The molecule has 3 heteroatoms. The van der Waals surface area contributed by atoms with Crippen molar-refractivity contribution < 1.29 is 0 Å². The van der Waals surface area contributed by atoms with Gasteiger partial charge in [0, 0.05) is 12.2 Å². The molecule has 0 aliphatic heterocycles. The first-order chi connectivity index (χ1) is 8.05. The highest BCUT2D eigenvalue weighted by Crippen LogP contribution is 2.20. The predicted molar refractivity (Wildman–Crippen MR) is 69.3 cm³/mol. The smallest absolute Gasteiger partial charge is 0.0683 e. The zero-order valence-corrected chi connectivity index (χ0v) is 10.9. The molecule has 0 saturated heterocycles. The number of pyridine rings is 1. The minimum atomic E-state index is -0.212. The van der Waals surface area contributed by atoms with Crippen LogP contribution in [-0.4, -0.2) is 11.5 Å². The van der Waals surface area contributed by atoms with E-state index in [1.807, 2.05) is 38.2 Å². The van der Waals surface area contributed by atoms with Gasteiger partial charge in [-0.2, -0.15) is 5.26 Å². The second-order valence-electron chi connectivity index (χ2n) is 5.03. The standard InChI is InChI=1S/C14H21N3/c1-12(13-7-4-5-9-17-13)16-10-6-8-14(2,3)11-15/h4-5,7,9,12,16H,6,8,10H2,1-3H3. The monoisotopic (exact) mass is 231 g/mol. The maximum absolute atomic E-state index is 8.90. The number of nitriles is 1. The summed E-state index contributed by atoms with van der Waals surface area (Å²) in [4.78, 5) is 4.31. The largest absolute Gasteiger partial charge is 0.309 e. The maximum Gasteiger partial charge on any atom is 0.0683 e. The van der Waals surface area contributed by atoms with E-state index in [1.165, 1.54) is 0 Å². The summed E-state index contributed by atoms with van der Waals surface area (Å²) >= 11 is 0. The lowest BCUT2D eigenvalue weighted by Gasteiger charge is -2.17. The summed E-state index contributed by atoms with van der Waals surface area (Å²) in [6, 6.07) is 8.53. The van der Waals surface area contributed by atoms with Crippen molar-refractivity contribution in [3.05, 3.63) is 30.1 Å². The molecule has 92 valence electrons. The molecule has 1 atom stereocenters. The average molecular weight is 231 g/mol. The lowest BCUT2D eigenvalue weighted by Crippen LogP contribution is -2.22. The van der Waals surface area contributed by atoms with E-state index in [4.69, 9.17) is 5.26 Å². The van der Waals surface area contributed by atoms with Gasteiger partial charge >= 0.3 is 0 Å². The van der Waals surface area contributed by atoms with Gasteiger partial charge in [-0.25, -0.2) is 0 Å². The lowest BCUT2D eigenvalue weighted by molar-refractivity contribution is 0.416. The van der Waals surface area contributed by atoms with Crippen molar-refractivity contribution in [1.82, 2.24) is 10.3 Å². The third-order valence-electron chi connectivity index (χ3n) is 2.86. The van der Waals surface area contributed by atoms with Gasteiger partial charge in [-0.3, -0.25) is 4.98 Å². The van der Waals surface area contributed by atoms with Crippen LogP contribution in [0.5, 0.6) is 0 Å². The van der Waals surface area contributed by atoms with Gasteiger partial charge in [-0.15, -0.1) is 0 Å². The SMILES string of the molecule is CC(NCCCC(C)(C)C#N)c1ccccn1. The van der Waals surface area contributed by atoms with Crippen molar-refractivity contribution >= 4 is 0 Å². The minimum absolute atomic E-state index is 0.212. The molecule has 0 saturated carbocycles. The van der Waals surface area contributed by atoms with Crippen molar-refractivity contribution in [2.75, 3.05) is 6.54 Å². The van der Waals surface area contributed by atoms with Gasteiger partial charge in [0.05, 0.1) is 17.2 Å². The molecule has 3 nitrogen and oxygen atoms in total. The molecule has 1 aromatic rings. The van der Waals surface area contributed by atoms with Crippen molar-refractivity contribution in [2.45, 2.75) is 39.7 Å². The van der Waals surface area contributed by atoms with Gasteiger partial charge in [0.25, 0.3) is 0 Å². The molecule has 1 unspecified atom stereocenters. The molecule has 0 aliphatic rings. The van der Waals surface area contributed by atoms with Gasteiger partial charge in [0.15, 0.2) is 0 Å². The highest BCUT2D eigenvalue weighted by Gasteiger charge is 2.15. The summed E-state index contributed by atoms with van der Waals surface area (Å²) in [5, 5.41) is 12.3. The summed E-state index contributed by atoms with van der Waals surface area (Å²) in [6.45, 7) is 6.99. The molecule has 0 amide bonds. The van der Waals surface area contributed by atoms with Crippen LogP contribution in [0.2, 0.25) is 0 Å². The number of nitrogens with zero attached hydrogens (tertiary/aromatic N) is 2. The number of hydrogen-bond donors (Lipinski definition) is 1. The summed E-state index contributed by atoms with van der Waals surface area (Å²) in [7, 11) is 0. The fourth-order valence-corrected chi connectivity index (χ4v) is 1.64. The number of hydrogen-bond acceptors (Lipinski definition) is 3. The van der Waals surface area contributed by atoms with E-state index in [1.54, 1.807) is 0 Å². The summed E-state index contributed by atoms with van der Waals surface area (Å²) in [5.74, 6) is 0. The molecular formula is C14H21N3. The second kappa shape index (κ2) is 6.36. The third-order valence-corrected chi connectivity index (χ3v) is 2.86. The Morgan fingerprint density at radius 1 is 1.47 bits per heavy atom. The van der Waals surface area contributed by atoms with Crippen LogP contribution in [-0.2, 0) is 0 Å². The van der Waals surface area contributed by atoms with Gasteiger partial charge in [0.2, 0.25) is 0 Å². The molecule has 0 spiro atoms. The second-order valence-corrected chi connectivity index (χ2v) is 5.03. The highest BCUT2D eigenvalue weighted by molar-refractivity contribution is 5.07. The molecule has 0 bridgehead atoms. The Morgan fingerprint density at radius 3 is 2.82 bits per heavy atom. The third kappa shape index (κ3) is 4.97. The van der Waals surface area contributed by atoms with E-state index in [-0.39, 0.29) is 11.5 Å². The first-order valence-corrected chi connectivity index (χ1v) is 6.11. The van der Waals surface area contributed by atoms with Crippen molar-refractivity contribution in [1.29, 1.82) is 5.26 Å². The Balaban J connectivity index is 2.26. The number of nitrogens with one attached hydrogen (secondary N) is 1. The van der Waals surface area contributed by atoms with Crippen LogP contribution in [0.4, 0.5) is 0 Å². The van der Waals surface area contributed by atoms with Crippen molar-refractivity contribution in [2.24, 2.45) is 5.41 Å². The van der Waals surface area contributed by atoms with E-state index < -0.39 is 0 Å². The maximum atomic E-state index is 8.90. The fourth-order valence-electron chi connectivity index (χ4n) is 1.64. The van der Waals surface area contributed by atoms with E-state index in [9.17, 15) is 0 Å². The summed E-state index contributed by atoms with van der Waals surface area (Å²) in [6.07, 6.45) is 3.75. The van der Waals surface area contributed by atoms with Gasteiger partial charge < -0.3 is 5.32 Å². The first kappa shape index (κ1) is 13.7. The fraction of sp³-hybridized carbons (Fsp3) is 0.571. The van der Waals surface area contributed by atoms with E-state index in [2.05, 4.69) is 23.3 Å². The zero-order chi connectivity index (χ0) is 12.7. The zero-order valence-electron chi connectivity index (χ0n) is 10.9. The van der Waals surface area contributed by atoms with Crippen LogP contribution < -0.4 is 5.32 Å². The quantitative estimate of drug-likeness (QED) is 0.765. The van der Waals surface area contributed by atoms with Crippen LogP contribution in [0, 0.1) is 16.7 Å². The topological polar surface area (TPSA) is 48.7 Å². The Morgan fingerprint density at radius 2 is 2.24 bits per heavy atom. The normalized spacial score (nSPS) is 13.1. The Bertz CT molecular complexity index is 365. The summed E-state index contributed by atoms with van der Waals surface area (Å²) in [5.41, 5.74) is 0.850. The first-order valence-electron chi connectivity index (χ1n) is 6.11. The molecule has 0 aliphatic carbocycles. The average Bonchev–Trinajstić information content (AvgIpc) is 2.35. The molecule has 17 heavy (non-hydrogen) atoms. The Hall–Kier alpha value is -1.40. The van der Waals surface area contributed by atoms with Crippen LogP contribution in [0.1, 0.15) is 45.3 Å². The van der Waals surface area contributed by atoms with Gasteiger partial charge in [-0.05, 0) is 52.3 Å². The molecule has 1 N–H and O–H groups in total. The van der Waals surface area contributed by atoms with Crippen LogP contribution in [0.15, 0.2) is 24.4 Å². The van der Waals surface area contributed by atoms with Crippen molar-refractivity contribution in [3.8, 4) is 6.07 Å². The Labute approximate surface area is 104 Å². The van der Waals surface area contributed by atoms with Crippen LogP contribution in [0.25, 0.3) is 0 Å². The molecule has 0 aromatic carbocycles. The molecule has 1 aromatic heterocycles. The van der Waals surface area contributed by atoms with Crippen molar-refractivity contribution in [3.63, 3.8) is 0 Å². The van der Waals surface area contributed by atoms with E-state index >= 15 is 0 Å². The lowest BCUT2D eigenvalue weighted by atomic mass is 9.90. The van der Waals surface area contributed by atoms with E-state index in [0.717, 1.165) is 25.1 Å². The van der Waals surface area contributed by atoms with Gasteiger partial charge in [-0.1, -0.05) is 6.07 Å². The predicted octanol–water partition coefficient (Wildman–Crippen LogP) is 3.06.